The Balaban J connectivity index is 1.33. The third kappa shape index (κ3) is 4.90. The second kappa shape index (κ2) is 10.3. The van der Waals surface area contributed by atoms with Crippen LogP contribution in [0.1, 0.15) is 18.2 Å². The van der Waals surface area contributed by atoms with E-state index in [1.54, 1.807) is 6.26 Å². The number of carbonyl (C=O) groups is 1. The lowest BCUT2D eigenvalue weighted by atomic mass is 10.2. The number of ether oxygens (including phenoxy) is 2. The number of benzene rings is 2. The van der Waals surface area contributed by atoms with Gasteiger partial charge in [0.25, 0.3) is 0 Å². The lowest BCUT2D eigenvalue weighted by Gasteiger charge is -2.23. The van der Waals surface area contributed by atoms with Crippen LogP contribution in [0, 0.1) is 6.92 Å². The van der Waals surface area contributed by atoms with Gasteiger partial charge in [0, 0.05) is 18.8 Å². The van der Waals surface area contributed by atoms with Crippen LogP contribution in [0.2, 0.25) is 0 Å². The van der Waals surface area contributed by atoms with Crippen molar-refractivity contribution in [2.24, 2.45) is 0 Å². The molecule has 0 atom stereocenters. The summed E-state index contributed by atoms with van der Waals surface area (Å²) in [6, 6.07) is 17.6. The second-order valence-electron chi connectivity index (χ2n) is 8.04. The molecule has 0 spiro atoms. The minimum absolute atomic E-state index is 0.0241. The smallest absolute Gasteiger partial charge is 0.233 e. The molecule has 0 aliphatic carbocycles. The van der Waals surface area contributed by atoms with Gasteiger partial charge in [-0.15, -0.1) is 10.2 Å². The molecule has 9 heteroatoms. The number of aryl methyl sites for hydroxylation is 1. The zero-order chi connectivity index (χ0) is 24.2. The van der Waals surface area contributed by atoms with E-state index in [-0.39, 0.29) is 11.7 Å². The van der Waals surface area contributed by atoms with Crippen LogP contribution in [0.15, 0.2) is 70.4 Å². The highest BCUT2D eigenvalue weighted by Gasteiger charge is 2.21. The van der Waals surface area contributed by atoms with Crippen molar-refractivity contribution in [2.75, 3.05) is 25.5 Å². The SMILES string of the molecule is CCN(Cc1ccc2c(c1)OCCO2)C(=O)CSc1nnc(-c2ccoc2C)n1-c1ccccc1. The van der Waals surface area contributed by atoms with Crippen molar-refractivity contribution in [1.29, 1.82) is 0 Å². The van der Waals surface area contributed by atoms with E-state index >= 15 is 0 Å². The van der Waals surface area contributed by atoms with E-state index in [9.17, 15) is 4.79 Å². The molecule has 2 aromatic heterocycles. The van der Waals surface area contributed by atoms with Gasteiger partial charge in [0.15, 0.2) is 22.5 Å². The summed E-state index contributed by atoms with van der Waals surface area (Å²) in [5.41, 5.74) is 2.79. The number of hydrogen-bond acceptors (Lipinski definition) is 7. The zero-order valence-electron chi connectivity index (χ0n) is 19.6. The third-order valence-corrected chi connectivity index (χ3v) is 6.70. The Labute approximate surface area is 207 Å². The second-order valence-corrected chi connectivity index (χ2v) is 8.98. The average molecular weight is 491 g/mol. The number of para-hydroxylation sites is 1. The molecule has 0 saturated carbocycles. The summed E-state index contributed by atoms with van der Waals surface area (Å²) in [5, 5.41) is 9.49. The Kier molecular flexibility index (Phi) is 6.76. The minimum atomic E-state index is 0.0241. The van der Waals surface area contributed by atoms with Gasteiger partial charge in [0.2, 0.25) is 5.91 Å². The third-order valence-electron chi connectivity index (χ3n) is 5.79. The molecule has 0 N–H and O–H groups in total. The van der Waals surface area contributed by atoms with Crippen LogP contribution >= 0.6 is 11.8 Å². The largest absolute Gasteiger partial charge is 0.486 e. The molecule has 1 amide bonds. The van der Waals surface area contributed by atoms with Crippen LogP contribution in [0.25, 0.3) is 17.1 Å². The number of hydrogen-bond donors (Lipinski definition) is 0. The van der Waals surface area contributed by atoms with Crippen molar-refractivity contribution in [3.8, 4) is 28.6 Å². The van der Waals surface area contributed by atoms with E-state index in [0.717, 1.165) is 34.1 Å². The molecule has 0 radical (unpaired) electrons. The Hall–Kier alpha value is -3.72. The summed E-state index contributed by atoms with van der Waals surface area (Å²) in [6.45, 7) is 6.06. The molecule has 35 heavy (non-hydrogen) atoms. The van der Waals surface area contributed by atoms with Crippen molar-refractivity contribution in [3.63, 3.8) is 0 Å². The van der Waals surface area contributed by atoms with Crippen molar-refractivity contribution in [1.82, 2.24) is 19.7 Å². The molecule has 0 unspecified atom stereocenters. The predicted octanol–water partition coefficient (Wildman–Crippen LogP) is 4.75. The highest BCUT2D eigenvalue weighted by atomic mass is 32.2. The first-order valence-electron chi connectivity index (χ1n) is 11.5. The van der Waals surface area contributed by atoms with E-state index in [0.29, 0.717) is 37.3 Å². The normalized spacial score (nSPS) is 12.5. The summed E-state index contributed by atoms with van der Waals surface area (Å²) in [6.07, 6.45) is 1.64. The Morgan fingerprint density at radius 2 is 1.86 bits per heavy atom. The van der Waals surface area contributed by atoms with Gasteiger partial charge in [-0.05, 0) is 49.7 Å². The number of fused-ring (bicyclic) bond motifs is 1. The van der Waals surface area contributed by atoms with Gasteiger partial charge < -0.3 is 18.8 Å². The molecule has 8 nitrogen and oxygen atoms in total. The number of carbonyl (C=O) groups excluding carboxylic acids is 1. The number of nitrogens with zero attached hydrogens (tertiary/aromatic N) is 4. The van der Waals surface area contributed by atoms with Gasteiger partial charge in [-0.2, -0.15) is 0 Å². The first-order chi connectivity index (χ1) is 17.1. The zero-order valence-corrected chi connectivity index (χ0v) is 20.5. The Morgan fingerprint density at radius 3 is 2.60 bits per heavy atom. The fraction of sp³-hybridized carbons (Fsp3) is 0.269. The van der Waals surface area contributed by atoms with E-state index in [1.807, 2.05) is 77.9 Å². The van der Waals surface area contributed by atoms with Gasteiger partial charge in [-0.25, -0.2) is 0 Å². The summed E-state index contributed by atoms with van der Waals surface area (Å²) in [5.74, 6) is 3.18. The molecule has 180 valence electrons. The standard InChI is InChI=1S/C26H26N4O4S/c1-3-29(16-19-9-10-22-23(15-19)34-14-13-33-22)24(31)17-35-26-28-27-25(21-11-12-32-18(21)2)30(26)20-7-5-4-6-8-20/h4-12,15H,3,13-14,16-17H2,1-2H3. The Bertz CT molecular complexity index is 1320. The first-order valence-corrected chi connectivity index (χ1v) is 12.5. The van der Waals surface area contributed by atoms with Crippen LogP contribution in [0.5, 0.6) is 11.5 Å². The molecular formula is C26H26N4O4S. The van der Waals surface area contributed by atoms with E-state index in [2.05, 4.69) is 10.2 Å². The number of aromatic nitrogens is 3. The molecule has 0 bridgehead atoms. The van der Waals surface area contributed by atoms with Crippen molar-refractivity contribution >= 4 is 17.7 Å². The summed E-state index contributed by atoms with van der Waals surface area (Å²) < 4.78 is 18.7. The van der Waals surface area contributed by atoms with Crippen molar-refractivity contribution < 1.29 is 18.7 Å². The maximum Gasteiger partial charge on any atom is 0.233 e. The number of furan rings is 1. The first kappa shape index (κ1) is 23.0. The molecule has 3 heterocycles. The maximum atomic E-state index is 13.2. The quantitative estimate of drug-likeness (QED) is 0.330. The number of rotatable bonds is 8. The lowest BCUT2D eigenvalue weighted by molar-refractivity contribution is -0.128. The molecular weight excluding hydrogens is 464 g/mol. The van der Waals surface area contributed by atoms with Crippen LogP contribution in [0.3, 0.4) is 0 Å². The minimum Gasteiger partial charge on any atom is -0.486 e. The highest BCUT2D eigenvalue weighted by Crippen LogP contribution is 2.32. The van der Waals surface area contributed by atoms with Crippen LogP contribution in [-0.2, 0) is 11.3 Å². The van der Waals surface area contributed by atoms with Crippen LogP contribution < -0.4 is 9.47 Å². The predicted molar refractivity (Wildman–Crippen MR) is 133 cm³/mol. The van der Waals surface area contributed by atoms with E-state index < -0.39 is 0 Å². The summed E-state index contributed by atoms with van der Waals surface area (Å²) >= 11 is 1.37. The number of thioether (sulfide) groups is 1. The molecule has 0 fully saturated rings. The van der Waals surface area contributed by atoms with Crippen LogP contribution in [-0.4, -0.2) is 51.1 Å². The summed E-state index contributed by atoms with van der Waals surface area (Å²) in [4.78, 5) is 15.0. The van der Waals surface area contributed by atoms with Crippen molar-refractivity contribution in [3.05, 3.63) is 72.2 Å². The van der Waals surface area contributed by atoms with Gasteiger partial charge in [0.1, 0.15) is 19.0 Å². The maximum absolute atomic E-state index is 13.2. The van der Waals surface area contributed by atoms with E-state index in [1.165, 1.54) is 11.8 Å². The van der Waals surface area contributed by atoms with Gasteiger partial charge >= 0.3 is 0 Å². The molecule has 4 aromatic rings. The average Bonchev–Trinajstić information content (AvgIpc) is 3.51. The Morgan fingerprint density at radius 1 is 1.06 bits per heavy atom. The molecule has 5 rings (SSSR count). The molecule has 1 aliphatic heterocycles. The van der Waals surface area contributed by atoms with Gasteiger partial charge in [-0.3, -0.25) is 9.36 Å². The monoisotopic (exact) mass is 490 g/mol. The fourth-order valence-corrected chi connectivity index (χ4v) is 4.82. The summed E-state index contributed by atoms with van der Waals surface area (Å²) in [7, 11) is 0. The molecule has 1 aliphatic rings. The highest BCUT2D eigenvalue weighted by molar-refractivity contribution is 7.99. The van der Waals surface area contributed by atoms with Crippen molar-refractivity contribution in [2.45, 2.75) is 25.5 Å². The van der Waals surface area contributed by atoms with E-state index in [4.69, 9.17) is 13.9 Å². The molecule has 0 saturated heterocycles. The van der Waals surface area contributed by atoms with Gasteiger partial charge in [-0.1, -0.05) is 36.0 Å². The molecule has 2 aromatic carbocycles. The van der Waals surface area contributed by atoms with Gasteiger partial charge in [0.05, 0.1) is 17.6 Å². The van der Waals surface area contributed by atoms with Crippen LogP contribution in [0.4, 0.5) is 0 Å². The topological polar surface area (TPSA) is 82.6 Å². The fourth-order valence-electron chi connectivity index (χ4n) is 3.97. The lowest BCUT2D eigenvalue weighted by Crippen LogP contribution is -2.31. The number of amides is 1.